The van der Waals surface area contributed by atoms with E-state index in [4.69, 9.17) is 0 Å². The largest absolute Gasteiger partial charge is 0.301 e. The van der Waals surface area contributed by atoms with E-state index in [-0.39, 0.29) is 35.3 Å². The minimum absolute atomic E-state index is 0.0381. The Balaban J connectivity index is 1.89. The van der Waals surface area contributed by atoms with Crippen molar-refractivity contribution in [1.29, 1.82) is 0 Å². The van der Waals surface area contributed by atoms with Crippen molar-refractivity contribution in [2.75, 3.05) is 30.7 Å². The third kappa shape index (κ3) is 4.98. The predicted molar refractivity (Wildman–Crippen MR) is 120 cm³/mol. The molecule has 1 heterocycles. The molecule has 10 heteroatoms. The second kappa shape index (κ2) is 8.70. The van der Waals surface area contributed by atoms with E-state index < -0.39 is 26.0 Å². The number of hydrogen-bond acceptors (Lipinski definition) is 6. The van der Waals surface area contributed by atoms with Gasteiger partial charge in [-0.1, -0.05) is 35.9 Å². The van der Waals surface area contributed by atoms with E-state index >= 15 is 0 Å². The van der Waals surface area contributed by atoms with Crippen LogP contribution in [0.1, 0.15) is 29.2 Å². The average Bonchev–Trinajstić information content (AvgIpc) is 2.96. The molecule has 3 rings (SSSR count). The van der Waals surface area contributed by atoms with Crippen LogP contribution < -0.4 is 9.03 Å². The van der Waals surface area contributed by atoms with Crippen LogP contribution in [0.4, 0.5) is 5.69 Å². The van der Waals surface area contributed by atoms with Gasteiger partial charge in [-0.3, -0.25) is 4.79 Å². The molecule has 1 atom stereocenters. The number of likely N-dealkylation sites (N-methyl/N-ethyl adjacent to an activating group) is 1. The molecule has 1 amide bonds. The Morgan fingerprint density at radius 3 is 2.29 bits per heavy atom. The predicted octanol–water partition coefficient (Wildman–Crippen LogP) is 1.95. The van der Waals surface area contributed by atoms with Gasteiger partial charge in [-0.15, -0.1) is 0 Å². The monoisotopic (exact) mass is 465 g/mol. The fourth-order valence-corrected chi connectivity index (χ4v) is 6.28. The smallest absolute Gasteiger partial charge is 0.242 e. The van der Waals surface area contributed by atoms with Crippen molar-refractivity contribution in [2.45, 2.75) is 31.2 Å². The lowest BCUT2D eigenvalue weighted by Crippen LogP contribution is -2.35. The van der Waals surface area contributed by atoms with Crippen molar-refractivity contribution in [2.24, 2.45) is 0 Å². The van der Waals surface area contributed by atoms with Crippen LogP contribution in [0.2, 0.25) is 0 Å². The van der Waals surface area contributed by atoms with Crippen molar-refractivity contribution in [1.82, 2.24) is 9.62 Å². The highest BCUT2D eigenvalue weighted by Crippen LogP contribution is 2.29. The topological polar surface area (TPSA) is 104 Å². The number of carbonyl (C=O) groups excluding carboxylic acids is 1. The van der Waals surface area contributed by atoms with Crippen LogP contribution in [0, 0.1) is 13.8 Å². The van der Waals surface area contributed by atoms with Crippen molar-refractivity contribution < 1.29 is 21.6 Å². The molecule has 2 aromatic rings. The van der Waals surface area contributed by atoms with Crippen LogP contribution in [0.25, 0.3) is 0 Å². The minimum atomic E-state index is -3.95. The van der Waals surface area contributed by atoms with Crippen LogP contribution in [-0.2, 0) is 24.8 Å². The molecule has 0 bridgehead atoms. The summed E-state index contributed by atoms with van der Waals surface area (Å²) in [5.74, 6) is -0.839. The Morgan fingerprint density at radius 2 is 1.74 bits per heavy atom. The van der Waals surface area contributed by atoms with Crippen molar-refractivity contribution in [3.8, 4) is 0 Å². The van der Waals surface area contributed by atoms with Crippen LogP contribution in [0.15, 0.2) is 47.4 Å². The second-order valence-electron chi connectivity index (χ2n) is 7.92. The number of carbonyl (C=O) groups is 1. The highest BCUT2D eigenvalue weighted by atomic mass is 32.2. The van der Waals surface area contributed by atoms with Gasteiger partial charge in [-0.05, 0) is 51.2 Å². The summed E-state index contributed by atoms with van der Waals surface area (Å²) in [7, 11) is -3.99. The lowest BCUT2D eigenvalue weighted by molar-refractivity contribution is -0.116. The number of benzene rings is 2. The molecule has 1 fully saturated rings. The molecule has 1 aliphatic heterocycles. The number of aryl methyl sites for hydroxylation is 2. The van der Waals surface area contributed by atoms with Gasteiger partial charge in [0.2, 0.25) is 26.0 Å². The van der Waals surface area contributed by atoms with E-state index in [1.54, 1.807) is 6.92 Å². The third-order valence-corrected chi connectivity index (χ3v) is 8.58. The minimum Gasteiger partial charge on any atom is -0.301 e. The van der Waals surface area contributed by atoms with E-state index in [0.717, 1.165) is 11.1 Å². The van der Waals surface area contributed by atoms with Gasteiger partial charge in [-0.2, -0.15) is 0 Å². The molecule has 1 unspecified atom stereocenters. The summed E-state index contributed by atoms with van der Waals surface area (Å²) in [6, 6.07) is 11.9. The molecule has 0 saturated carbocycles. The molecule has 31 heavy (non-hydrogen) atoms. The fraction of sp³-hybridized carbons (Fsp3) is 0.381. The van der Waals surface area contributed by atoms with Gasteiger partial charge in [0.15, 0.2) is 0 Å². The van der Waals surface area contributed by atoms with Gasteiger partial charge in [0.05, 0.1) is 16.3 Å². The quantitative estimate of drug-likeness (QED) is 0.670. The molecular weight excluding hydrogens is 438 g/mol. The molecular formula is C21H27N3O5S2. The summed E-state index contributed by atoms with van der Waals surface area (Å²) in [4.78, 5) is 14.0. The molecule has 2 aromatic carbocycles. The van der Waals surface area contributed by atoms with E-state index in [1.165, 1.54) is 18.2 Å². The number of rotatable bonds is 7. The van der Waals surface area contributed by atoms with Crippen molar-refractivity contribution in [3.63, 3.8) is 0 Å². The van der Waals surface area contributed by atoms with Gasteiger partial charge in [0.1, 0.15) is 0 Å². The summed E-state index contributed by atoms with van der Waals surface area (Å²) >= 11 is 0. The Kier molecular flexibility index (Phi) is 6.56. The van der Waals surface area contributed by atoms with Crippen LogP contribution >= 0.6 is 0 Å². The highest BCUT2D eigenvalue weighted by Gasteiger charge is 2.37. The normalized spacial score (nSPS) is 17.3. The number of nitrogens with zero attached hydrogens (tertiary/aromatic N) is 2. The molecule has 0 radical (unpaired) electrons. The van der Waals surface area contributed by atoms with E-state index in [1.807, 2.05) is 50.2 Å². The number of amides is 1. The molecule has 1 N–H and O–H groups in total. The first-order valence-electron chi connectivity index (χ1n) is 9.81. The summed E-state index contributed by atoms with van der Waals surface area (Å²) in [5.41, 5.74) is 2.58. The van der Waals surface area contributed by atoms with Gasteiger partial charge in [0, 0.05) is 19.0 Å². The average molecular weight is 466 g/mol. The summed E-state index contributed by atoms with van der Waals surface area (Å²) < 4.78 is 54.0. The van der Waals surface area contributed by atoms with Crippen LogP contribution in [-0.4, -0.2) is 54.0 Å². The van der Waals surface area contributed by atoms with Gasteiger partial charge in [-0.25, -0.2) is 25.9 Å². The van der Waals surface area contributed by atoms with Gasteiger partial charge < -0.3 is 4.90 Å². The van der Waals surface area contributed by atoms with E-state index in [9.17, 15) is 21.6 Å². The molecule has 1 saturated heterocycles. The zero-order valence-electron chi connectivity index (χ0n) is 18.0. The highest BCUT2D eigenvalue weighted by molar-refractivity contribution is 7.94. The van der Waals surface area contributed by atoms with Gasteiger partial charge >= 0.3 is 0 Å². The van der Waals surface area contributed by atoms with E-state index in [0.29, 0.717) is 9.87 Å². The zero-order chi connectivity index (χ0) is 23.0. The molecule has 0 aliphatic carbocycles. The Bertz CT molecular complexity index is 1190. The number of sulfonamides is 2. The second-order valence-corrected chi connectivity index (χ2v) is 11.6. The molecule has 8 nitrogen and oxygen atoms in total. The lowest BCUT2D eigenvalue weighted by Gasteiger charge is -2.25. The first kappa shape index (κ1) is 23.4. The standard InChI is InChI=1S/C21H27N3O5S2/c1-15-5-8-17(9-6-15)19(23(3)4)14-22-31(28,29)20-13-18(10-7-16(20)2)24-21(25)11-12-30(24,26)27/h5-10,13,19,22H,11-12,14H2,1-4H3. The maximum Gasteiger partial charge on any atom is 0.242 e. The maximum absolute atomic E-state index is 13.1. The lowest BCUT2D eigenvalue weighted by atomic mass is 10.0. The summed E-state index contributed by atoms with van der Waals surface area (Å²) in [5, 5.41) is 0. The third-order valence-electron chi connectivity index (χ3n) is 5.33. The van der Waals surface area contributed by atoms with Crippen LogP contribution in [0.5, 0.6) is 0 Å². The first-order chi connectivity index (χ1) is 14.4. The number of nitrogens with one attached hydrogen (secondary N) is 1. The fourth-order valence-electron chi connectivity index (χ4n) is 3.53. The number of hydrogen-bond donors (Lipinski definition) is 1. The number of anilines is 1. The maximum atomic E-state index is 13.1. The first-order valence-corrected chi connectivity index (χ1v) is 12.9. The van der Waals surface area contributed by atoms with Crippen molar-refractivity contribution in [3.05, 3.63) is 59.2 Å². The summed E-state index contributed by atoms with van der Waals surface area (Å²) in [6.07, 6.45) is -0.113. The zero-order valence-corrected chi connectivity index (χ0v) is 19.6. The Morgan fingerprint density at radius 1 is 1.10 bits per heavy atom. The molecule has 1 aliphatic rings. The SMILES string of the molecule is Cc1ccc(C(CNS(=O)(=O)c2cc(N3C(=O)CCS3(=O)=O)ccc2C)N(C)C)cc1. The Hall–Kier alpha value is -2.27. The van der Waals surface area contributed by atoms with E-state index in [2.05, 4.69) is 4.72 Å². The van der Waals surface area contributed by atoms with Crippen LogP contribution in [0.3, 0.4) is 0 Å². The Labute approximate surface area is 184 Å². The summed E-state index contributed by atoms with van der Waals surface area (Å²) in [6.45, 7) is 3.74. The van der Waals surface area contributed by atoms with Gasteiger partial charge in [0.25, 0.3) is 0 Å². The molecule has 168 valence electrons. The molecule has 0 aromatic heterocycles. The van der Waals surface area contributed by atoms with Crippen molar-refractivity contribution >= 4 is 31.6 Å². The molecule has 0 spiro atoms.